The van der Waals surface area contributed by atoms with Gasteiger partial charge in [0.15, 0.2) is 0 Å². The van der Waals surface area contributed by atoms with Crippen LogP contribution in [0.1, 0.15) is 135 Å². The lowest BCUT2D eigenvalue weighted by molar-refractivity contribution is -0.222. The molecule has 4 saturated carbocycles. The highest BCUT2D eigenvalue weighted by atomic mass is 16.4. The molecule has 43 heavy (non-hydrogen) atoms. The minimum Gasteiger partial charge on any atom is -0.478 e. The average molecular weight is 588 g/mol. The number of amides is 1. The molecule has 6 rings (SSSR count). The molecule has 0 aromatic heterocycles. The number of rotatable bonds is 6. The molecular weight excluding hydrogens is 530 g/mol. The van der Waals surface area contributed by atoms with Crippen LogP contribution in [-0.4, -0.2) is 23.5 Å². The summed E-state index contributed by atoms with van der Waals surface area (Å²) in [5.41, 5.74) is 3.63. The van der Waals surface area contributed by atoms with Crippen molar-refractivity contribution in [3.63, 3.8) is 0 Å². The maximum absolute atomic E-state index is 13.9. The maximum Gasteiger partial charge on any atom is 0.335 e. The number of hydrogen-bond acceptors (Lipinski definition) is 2. The van der Waals surface area contributed by atoms with E-state index in [9.17, 15) is 14.7 Å². The molecule has 4 heteroatoms. The first-order valence-electron chi connectivity index (χ1n) is 17.5. The molecule has 4 fully saturated rings. The third-order valence-corrected chi connectivity index (χ3v) is 14.8. The summed E-state index contributed by atoms with van der Waals surface area (Å²) in [5.74, 6) is 2.60. The molecule has 3 unspecified atom stereocenters. The van der Waals surface area contributed by atoms with Crippen LogP contribution in [0, 0.1) is 56.7 Å². The van der Waals surface area contributed by atoms with Gasteiger partial charge in [0.2, 0.25) is 5.91 Å². The van der Waals surface area contributed by atoms with Gasteiger partial charge in [0.1, 0.15) is 0 Å². The number of carboxylic acids is 1. The van der Waals surface area contributed by atoms with Crippen LogP contribution in [0.5, 0.6) is 0 Å². The van der Waals surface area contributed by atoms with Gasteiger partial charge < -0.3 is 10.4 Å². The zero-order valence-electron chi connectivity index (χ0n) is 28.0. The fourth-order valence-corrected chi connectivity index (χ4v) is 12.5. The standard InChI is InChI=1S/C39H57NO3/c1-25(2)18-24-40-34(43)39-19-8-9-30(39)29-14-15-32-36(5)20-16-28(26-10-12-27(13-11-26)33(41)42)35(3,4)31(36)17-21-38(32,7)37(29,6)22-23-39/h10-13,16,25,29-32H,8-9,14-15,17-24H2,1-7H3,(H,40,43)(H,41,42)/t29-,30?,31?,32?,36+,37-,38-,39+/m1/s1. The van der Waals surface area contributed by atoms with E-state index < -0.39 is 5.97 Å². The second-order valence-electron chi connectivity index (χ2n) is 17.2. The summed E-state index contributed by atoms with van der Waals surface area (Å²) >= 11 is 0. The molecule has 5 aliphatic rings. The van der Waals surface area contributed by atoms with Gasteiger partial charge in [0.25, 0.3) is 0 Å². The molecule has 2 N–H and O–H groups in total. The summed E-state index contributed by atoms with van der Waals surface area (Å²) in [6.07, 6.45) is 15.6. The van der Waals surface area contributed by atoms with E-state index in [1.54, 1.807) is 12.1 Å². The van der Waals surface area contributed by atoms with Crippen molar-refractivity contribution in [3.8, 4) is 0 Å². The largest absolute Gasteiger partial charge is 0.478 e. The van der Waals surface area contributed by atoms with Gasteiger partial charge in [-0.25, -0.2) is 4.79 Å². The molecule has 0 spiro atoms. The third kappa shape index (κ3) is 4.42. The Balaban J connectivity index is 1.28. The Hall–Kier alpha value is -2.10. The fraction of sp³-hybridized carbons (Fsp3) is 0.744. The number of carbonyl (C=O) groups is 2. The normalized spacial score (nSPS) is 41.3. The van der Waals surface area contributed by atoms with Crippen LogP contribution < -0.4 is 5.32 Å². The van der Waals surface area contributed by atoms with Crippen LogP contribution in [0.4, 0.5) is 0 Å². The first-order chi connectivity index (χ1) is 20.2. The number of fused-ring (bicyclic) bond motifs is 7. The van der Waals surface area contributed by atoms with Gasteiger partial charge >= 0.3 is 5.97 Å². The molecule has 236 valence electrons. The molecule has 0 saturated heterocycles. The second-order valence-corrected chi connectivity index (χ2v) is 17.2. The molecule has 1 amide bonds. The van der Waals surface area contributed by atoms with Gasteiger partial charge in [-0.15, -0.1) is 0 Å². The summed E-state index contributed by atoms with van der Waals surface area (Å²) in [5, 5.41) is 12.8. The maximum atomic E-state index is 13.9. The molecule has 1 aromatic rings. The Kier molecular flexibility index (Phi) is 7.53. The minimum absolute atomic E-state index is 0.0259. The van der Waals surface area contributed by atoms with Gasteiger partial charge in [-0.05, 0) is 139 Å². The van der Waals surface area contributed by atoms with Crippen molar-refractivity contribution in [3.05, 3.63) is 41.5 Å². The van der Waals surface area contributed by atoms with E-state index in [4.69, 9.17) is 0 Å². The SMILES string of the molecule is CC(C)CCNC(=O)[C@]12CCCC1[C@H]1CCC3[C@@]4(C)CC=C(c5ccc(C(=O)O)cc5)C(C)(C)C4CC[C@@]3(C)[C@]1(C)CC2. The van der Waals surface area contributed by atoms with Crippen molar-refractivity contribution in [1.82, 2.24) is 5.32 Å². The number of allylic oxidation sites excluding steroid dienone is 2. The van der Waals surface area contributed by atoms with Gasteiger partial charge in [-0.3, -0.25) is 4.79 Å². The van der Waals surface area contributed by atoms with E-state index in [1.807, 2.05) is 12.1 Å². The first kappa shape index (κ1) is 30.9. The van der Waals surface area contributed by atoms with Crippen molar-refractivity contribution in [1.29, 1.82) is 0 Å². The summed E-state index contributed by atoms with van der Waals surface area (Å²) in [6, 6.07) is 7.57. The fourth-order valence-electron chi connectivity index (χ4n) is 12.5. The van der Waals surface area contributed by atoms with Crippen LogP contribution in [0.15, 0.2) is 30.3 Å². The van der Waals surface area contributed by atoms with E-state index in [0.29, 0.717) is 41.1 Å². The number of aromatic carboxylic acids is 1. The molecule has 0 bridgehead atoms. The second kappa shape index (κ2) is 10.5. The monoisotopic (exact) mass is 587 g/mol. The van der Waals surface area contributed by atoms with Crippen LogP contribution in [-0.2, 0) is 4.79 Å². The highest BCUT2D eigenvalue weighted by Gasteiger charge is 2.70. The summed E-state index contributed by atoms with van der Waals surface area (Å²) in [6.45, 7) is 18.2. The van der Waals surface area contributed by atoms with Crippen LogP contribution >= 0.6 is 0 Å². The molecule has 4 nitrogen and oxygen atoms in total. The highest BCUT2D eigenvalue weighted by Crippen LogP contribution is 2.77. The smallest absolute Gasteiger partial charge is 0.335 e. The van der Waals surface area contributed by atoms with Crippen molar-refractivity contribution in [2.45, 2.75) is 119 Å². The van der Waals surface area contributed by atoms with Crippen molar-refractivity contribution in [2.75, 3.05) is 6.54 Å². The molecule has 0 heterocycles. The van der Waals surface area contributed by atoms with E-state index in [0.717, 1.165) is 32.2 Å². The van der Waals surface area contributed by atoms with Gasteiger partial charge in [0, 0.05) is 6.54 Å². The summed E-state index contributed by atoms with van der Waals surface area (Å²) < 4.78 is 0. The Morgan fingerprint density at radius 2 is 1.58 bits per heavy atom. The zero-order valence-corrected chi connectivity index (χ0v) is 28.0. The third-order valence-electron chi connectivity index (χ3n) is 14.8. The van der Waals surface area contributed by atoms with Gasteiger partial charge in [-0.2, -0.15) is 0 Å². The van der Waals surface area contributed by atoms with E-state index in [-0.39, 0.29) is 27.1 Å². The van der Waals surface area contributed by atoms with Crippen molar-refractivity contribution in [2.24, 2.45) is 56.7 Å². The predicted molar refractivity (Wildman–Crippen MR) is 175 cm³/mol. The van der Waals surface area contributed by atoms with E-state index >= 15 is 0 Å². The number of carboxylic acid groups (broad SMARTS) is 1. The molecule has 5 aliphatic carbocycles. The molecule has 1 aromatic carbocycles. The number of benzene rings is 1. The van der Waals surface area contributed by atoms with Crippen LogP contribution in [0.2, 0.25) is 0 Å². The number of hydrogen-bond donors (Lipinski definition) is 2. The Morgan fingerprint density at radius 1 is 0.860 bits per heavy atom. The molecular formula is C39H57NO3. The van der Waals surface area contributed by atoms with Crippen LogP contribution in [0.3, 0.4) is 0 Å². The van der Waals surface area contributed by atoms with E-state index in [1.165, 1.54) is 56.1 Å². The van der Waals surface area contributed by atoms with Crippen LogP contribution in [0.25, 0.3) is 5.57 Å². The predicted octanol–water partition coefficient (Wildman–Crippen LogP) is 9.40. The first-order valence-corrected chi connectivity index (χ1v) is 17.5. The minimum atomic E-state index is -0.865. The number of nitrogens with one attached hydrogen (secondary N) is 1. The Morgan fingerprint density at radius 3 is 2.26 bits per heavy atom. The van der Waals surface area contributed by atoms with E-state index in [2.05, 4.69) is 59.9 Å². The van der Waals surface area contributed by atoms with Gasteiger partial charge in [0.05, 0.1) is 11.0 Å². The Labute approximate surface area is 260 Å². The highest BCUT2D eigenvalue weighted by molar-refractivity contribution is 5.88. The lowest BCUT2D eigenvalue weighted by atomic mass is 9.32. The summed E-state index contributed by atoms with van der Waals surface area (Å²) in [7, 11) is 0. The Bertz CT molecular complexity index is 1290. The summed E-state index contributed by atoms with van der Waals surface area (Å²) in [4.78, 5) is 25.4. The van der Waals surface area contributed by atoms with Crippen molar-refractivity contribution >= 4 is 17.4 Å². The van der Waals surface area contributed by atoms with Gasteiger partial charge in [-0.1, -0.05) is 73.1 Å². The molecule has 8 atom stereocenters. The lowest BCUT2D eigenvalue weighted by Crippen LogP contribution is -2.65. The average Bonchev–Trinajstić information content (AvgIpc) is 3.38. The quantitative estimate of drug-likeness (QED) is 0.348. The topological polar surface area (TPSA) is 66.4 Å². The zero-order chi connectivity index (χ0) is 31.0. The lowest BCUT2D eigenvalue weighted by Gasteiger charge is -2.72. The molecule has 0 radical (unpaired) electrons. The molecule has 0 aliphatic heterocycles. The van der Waals surface area contributed by atoms with Crippen molar-refractivity contribution < 1.29 is 14.7 Å². The number of carbonyl (C=O) groups excluding carboxylic acids is 1.